The summed E-state index contributed by atoms with van der Waals surface area (Å²) >= 11 is 0. The molecule has 2 rings (SSSR count). The Kier molecular flexibility index (Phi) is 7.82. The molecule has 146 valence electrons. The van der Waals surface area contributed by atoms with E-state index in [0.717, 1.165) is 11.1 Å². The lowest BCUT2D eigenvalue weighted by atomic mass is 10.0. The van der Waals surface area contributed by atoms with E-state index in [1.165, 1.54) is 6.26 Å². The van der Waals surface area contributed by atoms with Crippen LogP contribution < -0.4 is 10.6 Å². The van der Waals surface area contributed by atoms with Crippen molar-refractivity contribution in [3.8, 4) is 0 Å². The van der Waals surface area contributed by atoms with Gasteiger partial charge in [-0.3, -0.25) is 0 Å². The first kappa shape index (κ1) is 20.9. The number of sulfone groups is 1. The zero-order valence-electron chi connectivity index (χ0n) is 15.7. The van der Waals surface area contributed by atoms with E-state index in [2.05, 4.69) is 15.6 Å². The lowest BCUT2D eigenvalue weighted by Gasteiger charge is -2.18. The maximum Gasteiger partial charge on any atom is 0.191 e. The Hall–Kier alpha value is -2.38. The van der Waals surface area contributed by atoms with Crippen molar-refractivity contribution in [2.24, 2.45) is 4.99 Å². The Morgan fingerprint density at radius 2 is 1.74 bits per heavy atom. The first-order valence-electron chi connectivity index (χ1n) is 8.91. The van der Waals surface area contributed by atoms with Crippen LogP contribution in [0.15, 0.2) is 64.5 Å². The minimum Gasteiger partial charge on any atom is -0.396 e. The Balaban J connectivity index is 2.01. The van der Waals surface area contributed by atoms with Gasteiger partial charge in [-0.2, -0.15) is 0 Å². The average molecular weight is 390 g/mol. The lowest BCUT2D eigenvalue weighted by Crippen LogP contribution is -2.39. The Morgan fingerprint density at radius 3 is 2.30 bits per heavy atom. The molecular weight excluding hydrogens is 362 g/mol. The molecule has 0 aromatic heterocycles. The molecule has 0 saturated heterocycles. The third kappa shape index (κ3) is 6.69. The van der Waals surface area contributed by atoms with Crippen LogP contribution in [0, 0.1) is 0 Å². The molecule has 1 atom stereocenters. The summed E-state index contributed by atoms with van der Waals surface area (Å²) in [6.07, 6.45) is 1.19. The fourth-order valence-electron chi connectivity index (χ4n) is 2.59. The van der Waals surface area contributed by atoms with Gasteiger partial charge in [0.2, 0.25) is 0 Å². The van der Waals surface area contributed by atoms with Gasteiger partial charge in [-0.1, -0.05) is 42.5 Å². The number of rotatable bonds is 8. The Labute approximate surface area is 161 Å². The van der Waals surface area contributed by atoms with Crippen LogP contribution in [-0.4, -0.2) is 45.4 Å². The second kappa shape index (κ2) is 10.1. The van der Waals surface area contributed by atoms with Gasteiger partial charge in [0.05, 0.1) is 18.0 Å². The summed E-state index contributed by atoms with van der Waals surface area (Å²) in [4.78, 5) is 4.84. The molecule has 3 N–H and O–H groups in total. The lowest BCUT2D eigenvalue weighted by molar-refractivity contribution is 0.265. The van der Waals surface area contributed by atoms with Crippen molar-refractivity contribution in [3.63, 3.8) is 0 Å². The molecule has 6 nitrogen and oxygen atoms in total. The molecule has 1 unspecified atom stereocenters. The predicted octanol–water partition coefficient (Wildman–Crippen LogP) is 1.92. The largest absolute Gasteiger partial charge is 0.396 e. The topological polar surface area (TPSA) is 90.8 Å². The van der Waals surface area contributed by atoms with E-state index in [4.69, 9.17) is 0 Å². The van der Waals surface area contributed by atoms with Crippen LogP contribution in [0.1, 0.15) is 24.0 Å². The minimum atomic E-state index is -3.19. The summed E-state index contributed by atoms with van der Waals surface area (Å²) < 4.78 is 23.0. The van der Waals surface area contributed by atoms with Gasteiger partial charge in [0.15, 0.2) is 15.8 Å². The predicted molar refractivity (Wildman–Crippen MR) is 109 cm³/mol. The maximum atomic E-state index is 11.5. The zero-order valence-corrected chi connectivity index (χ0v) is 16.5. The summed E-state index contributed by atoms with van der Waals surface area (Å²) in [6, 6.07) is 16.6. The highest BCUT2D eigenvalue weighted by atomic mass is 32.2. The Bertz CT molecular complexity index is 835. The molecule has 0 aliphatic carbocycles. The molecule has 0 saturated carbocycles. The summed E-state index contributed by atoms with van der Waals surface area (Å²) in [6.45, 7) is 3.73. The van der Waals surface area contributed by atoms with Crippen molar-refractivity contribution in [2.45, 2.75) is 24.3 Å². The number of nitrogens with one attached hydrogen (secondary N) is 2. The molecule has 0 heterocycles. The van der Waals surface area contributed by atoms with Crippen LogP contribution in [0.4, 0.5) is 0 Å². The van der Waals surface area contributed by atoms with Crippen LogP contribution in [0.25, 0.3) is 0 Å². The fourth-order valence-corrected chi connectivity index (χ4v) is 3.22. The molecule has 2 aromatic carbocycles. The number of nitrogens with zero attached hydrogens (tertiary/aromatic N) is 1. The highest BCUT2D eigenvalue weighted by Crippen LogP contribution is 2.14. The number of aliphatic hydroxyl groups excluding tert-OH is 1. The quantitative estimate of drug-likeness (QED) is 0.474. The minimum absolute atomic E-state index is 0.0240. The van der Waals surface area contributed by atoms with Crippen molar-refractivity contribution >= 4 is 15.8 Å². The fraction of sp³-hybridized carbons (Fsp3) is 0.350. The second-order valence-electron chi connectivity index (χ2n) is 6.28. The van der Waals surface area contributed by atoms with Crippen molar-refractivity contribution in [3.05, 3.63) is 65.7 Å². The highest BCUT2D eigenvalue weighted by Gasteiger charge is 2.11. The van der Waals surface area contributed by atoms with Gasteiger partial charge in [0.1, 0.15) is 0 Å². The van der Waals surface area contributed by atoms with Crippen LogP contribution in [0.5, 0.6) is 0 Å². The standard InChI is InChI=1S/C20H27N3O3S/c1-3-21-20(23-14-18(15-24)17-7-5-4-6-8-17)22-13-16-9-11-19(12-10-16)27(2,25)26/h4-12,18,24H,3,13-15H2,1-2H3,(H2,21,22,23). The number of hydrogen-bond donors (Lipinski definition) is 3. The van der Waals surface area contributed by atoms with Crippen LogP contribution in [-0.2, 0) is 16.4 Å². The summed E-state index contributed by atoms with van der Waals surface area (Å²) in [5.41, 5.74) is 1.99. The summed E-state index contributed by atoms with van der Waals surface area (Å²) in [5.74, 6) is 0.628. The molecule has 0 aliphatic heterocycles. The third-order valence-electron chi connectivity index (χ3n) is 4.12. The van der Waals surface area contributed by atoms with Gasteiger partial charge < -0.3 is 15.7 Å². The van der Waals surface area contributed by atoms with Gasteiger partial charge in [-0.25, -0.2) is 13.4 Å². The molecule has 0 spiro atoms. The van der Waals surface area contributed by atoms with E-state index in [1.807, 2.05) is 37.3 Å². The van der Waals surface area contributed by atoms with Gasteiger partial charge >= 0.3 is 0 Å². The molecule has 7 heteroatoms. The van der Waals surface area contributed by atoms with E-state index in [1.54, 1.807) is 24.3 Å². The summed E-state index contributed by atoms with van der Waals surface area (Å²) in [5, 5.41) is 16.1. The van der Waals surface area contributed by atoms with E-state index in [9.17, 15) is 13.5 Å². The average Bonchev–Trinajstić information content (AvgIpc) is 2.67. The van der Waals surface area contributed by atoms with E-state index >= 15 is 0 Å². The first-order valence-corrected chi connectivity index (χ1v) is 10.8. The van der Waals surface area contributed by atoms with Crippen LogP contribution in [0.2, 0.25) is 0 Å². The summed E-state index contributed by atoms with van der Waals surface area (Å²) in [7, 11) is -3.19. The molecule has 0 amide bonds. The van der Waals surface area contributed by atoms with Crippen molar-refractivity contribution < 1.29 is 13.5 Å². The first-order chi connectivity index (χ1) is 12.9. The molecule has 0 radical (unpaired) electrons. The van der Waals surface area contributed by atoms with Gasteiger partial charge in [-0.15, -0.1) is 0 Å². The number of aliphatic imine (C=N–C) groups is 1. The SMILES string of the molecule is CCNC(=NCc1ccc(S(C)(=O)=O)cc1)NCC(CO)c1ccccc1. The van der Waals surface area contributed by atoms with Crippen molar-refractivity contribution in [2.75, 3.05) is 26.0 Å². The van der Waals surface area contributed by atoms with Gasteiger partial charge in [0.25, 0.3) is 0 Å². The van der Waals surface area contributed by atoms with E-state index in [0.29, 0.717) is 30.5 Å². The maximum absolute atomic E-state index is 11.5. The van der Waals surface area contributed by atoms with Crippen LogP contribution in [0.3, 0.4) is 0 Å². The van der Waals surface area contributed by atoms with Gasteiger partial charge in [0, 0.05) is 25.3 Å². The monoisotopic (exact) mass is 389 g/mol. The van der Waals surface area contributed by atoms with Gasteiger partial charge in [-0.05, 0) is 30.2 Å². The van der Waals surface area contributed by atoms with E-state index < -0.39 is 9.84 Å². The van der Waals surface area contributed by atoms with Crippen molar-refractivity contribution in [1.29, 1.82) is 0 Å². The third-order valence-corrected chi connectivity index (χ3v) is 5.25. The molecule has 27 heavy (non-hydrogen) atoms. The normalized spacial score (nSPS) is 13.2. The molecule has 2 aromatic rings. The second-order valence-corrected chi connectivity index (χ2v) is 8.30. The molecular formula is C20H27N3O3S. The number of guanidine groups is 1. The van der Waals surface area contributed by atoms with Crippen molar-refractivity contribution in [1.82, 2.24) is 10.6 Å². The number of aliphatic hydroxyl groups is 1. The van der Waals surface area contributed by atoms with Crippen LogP contribution >= 0.6 is 0 Å². The highest BCUT2D eigenvalue weighted by molar-refractivity contribution is 7.90. The molecule has 0 fully saturated rings. The van der Waals surface area contributed by atoms with E-state index in [-0.39, 0.29) is 12.5 Å². The molecule has 0 bridgehead atoms. The number of hydrogen-bond acceptors (Lipinski definition) is 4. The number of benzene rings is 2. The smallest absolute Gasteiger partial charge is 0.191 e. The zero-order chi connectivity index (χ0) is 19.7. The Morgan fingerprint density at radius 1 is 1.07 bits per heavy atom. The molecule has 0 aliphatic rings.